The van der Waals surface area contributed by atoms with E-state index in [0.29, 0.717) is 0 Å². The number of carbonyl (C=O) groups is 2. The highest BCUT2D eigenvalue weighted by Crippen LogP contribution is 2.17. The van der Waals surface area contributed by atoms with Crippen LogP contribution in [-0.2, 0) is 4.79 Å². The van der Waals surface area contributed by atoms with Gasteiger partial charge in [-0.15, -0.1) is 0 Å². The summed E-state index contributed by atoms with van der Waals surface area (Å²) >= 11 is 0. The molecule has 1 aromatic carbocycles. The summed E-state index contributed by atoms with van der Waals surface area (Å²) in [5.41, 5.74) is -0.601. The van der Waals surface area contributed by atoms with Crippen molar-refractivity contribution in [2.75, 3.05) is 0 Å². The van der Waals surface area contributed by atoms with Crippen molar-refractivity contribution in [3.8, 4) is 11.8 Å². The average molecular weight is 249 g/mol. The highest BCUT2D eigenvalue weighted by atomic mass is 16.6. The van der Waals surface area contributed by atoms with Crippen LogP contribution in [0.25, 0.3) is 0 Å². The molecule has 0 saturated carbocycles. The fraction of sp³-hybridized carbons (Fsp3) is 0.0909. The molecule has 0 radical (unpaired) electrons. The summed E-state index contributed by atoms with van der Waals surface area (Å²) in [6.45, 7) is 0. The normalized spacial score (nSPS) is 9.11. The Bertz CT molecular complexity index is 581. The second-order valence-electron chi connectivity index (χ2n) is 3.16. The number of carboxylic acid groups (broad SMARTS) is 2. The molecule has 0 unspecified atom stereocenters. The third kappa shape index (κ3) is 3.31. The van der Waals surface area contributed by atoms with Gasteiger partial charge in [-0.2, -0.15) is 0 Å². The Morgan fingerprint density at radius 1 is 1.33 bits per heavy atom. The summed E-state index contributed by atoms with van der Waals surface area (Å²) in [6, 6.07) is 3.11. The maximum atomic E-state index is 10.8. The third-order valence-electron chi connectivity index (χ3n) is 1.91. The molecule has 0 bridgehead atoms. The molecule has 0 atom stereocenters. The van der Waals surface area contributed by atoms with Crippen LogP contribution in [0.2, 0.25) is 0 Å². The van der Waals surface area contributed by atoms with E-state index in [4.69, 9.17) is 10.2 Å². The minimum Gasteiger partial charge on any atom is -0.481 e. The van der Waals surface area contributed by atoms with Gasteiger partial charge in [-0.1, -0.05) is 11.8 Å². The lowest BCUT2D eigenvalue weighted by atomic mass is 10.1. The zero-order valence-electron chi connectivity index (χ0n) is 8.91. The number of non-ortho nitro benzene ring substituents is 1. The van der Waals surface area contributed by atoms with Gasteiger partial charge in [0, 0.05) is 17.7 Å². The van der Waals surface area contributed by atoms with Gasteiger partial charge in [0.05, 0.1) is 10.5 Å². The zero-order valence-corrected chi connectivity index (χ0v) is 8.91. The van der Waals surface area contributed by atoms with Crippen molar-refractivity contribution in [1.82, 2.24) is 0 Å². The number of nitro benzene ring substituents is 1. The number of hydrogen-bond donors (Lipinski definition) is 2. The van der Waals surface area contributed by atoms with E-state index in [-0.39, 0.29) is 16.8 Å². The smallest absolute Gasteiger partial charge is 0.336 e. The van der Waals surface area contributed by atoms with Crippen molar-refractivity contribution in [3.63, 3.8) is 0 Å². The second-order valence-corrected chi connectivity index (χ2v) is 3.16. The van der Waals surface area contributed by atoms with E-state index in [1.165, 1.54) is 0 Å². The number of nitro groups is 1. The van der Waals surface area contributed by atoms with Crippen molar-refractivity contribution in [2.24, 2.45) is 0 Å². The third-order valence-corrected chi connectivity index (χ3v) is 1.91. The SMILES string of the molecule is O=C(O)CC#Cc1cc([N+](=O)[O-])ccc1C(=O)O. The van der Waals surface area contributed by atoms with Crippen LogP contribution in [0.3, 0.4) is 0 Å². The first-order valence-corrected chi connectivity index (χ1v) is 4.64. The minimum absolute atomic E-state index is 0.0852. The van der Waals surface area contributed by atoms with Gasteiger partial charge in [0.1, 0.15) is 6.42 Å². The standard InChI is InChI=1S/C11H7NO6/c13-10(14)3-1-2-7-6-8(12(17)18)4-5-9(7)11(15)16/h4-6H,3H2,(H,13,14)(H,15,16). The molecule has 0 aliphatic heterocycles. The highest BCUT2D eigenvalue weighted by Gasteiger charge is 2.13. The van der Waals surface area contributed by atoms with Gasteiger partial charge in [0.25, 0.3) is 5.69 Å². The first kappa shape index (κ1) is 13.2. The number of aliphatic carboxylic acids is 1. The monoisotopic (exact) mass is 249 g/mol. The Morgan fingerprint density at radius 3 is 2.50 bits per heavy atom. The van der Waals surface area contributed by atoms with Crippen molar-refractivity contribution in [2.45, 2.75) is 6.42 Å². The van der Waals surface area contributed by atoms with E-state index in [0.717, 1.165) is 18.2 Å². The zero-order chi connectivity index (χ0) is 13.7. The lowest BCUT2D eigenvalue weighted by Gasteiger charge is -1.98. The fourth-order valence-corrected chi connectivity index (χ4v) is 1.15. The molecule has 18 heavy (non-hydrogen) atoms. The van der Waals surface area contributed by atoms with E-state index in [1.807, 2.05) is 0 Å². The van der Waals surface area contributed by atoms with E-state index >= 15 is 0 Å². The van der Waals surface area contributed by atoms with Gasteiger partial charge in [-0.05, 0) is 6.07 Å². The molecule has 0 heterocycles. The van der Waals surface area contributed by atoms with Crippen LogP contribution in [0, 0.1) is 22.0 Å². The Morgan fingerprint density at radius 2 is 2.00 bits per heavy atom. The van der Waals surface area contributed by atoms with Crippen LogP contribution in [-0.4, -0.2) is 27.1 Å². The maximum Gasteiger partial charge on any atom is 0.336 e. The van der Waals surface area contributed by atoms with Gasteiger partial charge in [-0.25, -0.2) is 4.79 Å². The van der Waals surface area contributed by atoms with Gasteiger partial charge in [-0.3, -0.25) is 14.9 Å². The summed E-state index contributed by atoms with van der Waals surface area (Å²) in [5, 5.41) is 27.8. The van der Waals surface area contributed by atoms with Crippen molar-refractivity contribution >= 4 is 17.6 Å². The van der Waals surface area contributed by atoms with Gasteiger partial charge >= 0.3 is 11.9 Å². The molecule has 0 amide bonds. The van der Waals surface area contributed by atoms with Crippen LogP contribution in [0.15, 0.2) is 18.2 Å². The topological polar surface area (TPSA) is 118 Å². The molecule has 1 rings (SSSR count). The molecule has 7 nitrogen and oxygen atoms in total. The van der Waals surface area contributed by atoms with Crippen LogP contribution < -0.4 is 0 Å². The van der Waals surface area contributed by atoms with E-state index in [9.17, 15) is 19.7 Å². The number of benzene rings is 1. The van der Waals surface area contributed by atoms with Gasteiger partial charge < -0.3 is 10.2 Å². The predicted octanol–water partition coefficient (Wildman–Crippen LogP) is 1.12. The summed E-state index contributed by atoms with van der Waals surface area (Å²) in [7, 11) is 0. The average Bonchev–Trinajstić information content (AvgIpc) is 2.27. The van der Waals surface area contributed by atoms with E-state index in [2.05, 4.69) is 11.8 Å². The summed E-state index contributed by atoms with van der Waals surface area (Å²) in [6.07, 6.45) is -0.470. The quantitative estimate of drug-likeness (QED) is 0.470. The summed E-state index contributed by atoms with van der Waals surface area (Å²) in [5.74, 6) is 2.08. The van der Waals surface area contributed by atoms with Gasteiger partial charge in [0.2, 0.25) is 0 Å². The molecule has 0 aliphatic carbocycles. The largest absolute Gasteiger partial charge is 0.481 e. The molecule has 0 spiro atoms. The summed E-state index contributed by atoms with van der Waals surface area (Å²) in [4.78, 5) is 30.9. The number of nitrogens with zero attached hydrogens (tertiary/aromatic N) is 1. The van der Waals surface area contributed by atoms with Crippen molar-refractivity contribution < 1.29 is 24.7 Å². The van der Waals surface area contributed by atoms with Crippen molar-refractivity contribution in [1.29, 1.82) is 0 Å². The summed E-state index contributed by atoms with van der Waals surface area (Å²) < 4.78 is 0. The molecule has 92 valence electrons. The van der Waals surface area contributed by atoms with Crippen LogP contribution in [0.5, 0.6) is 0 Å². The lowest BCUT2D eigenvalue weighted by Crippen LogP contribution is -2.01. The minimum atomic E-state index is -1.29. The number of carboxylic acids is 2. The molecule has 2 N–H and O–H groups in total. The number of aromatic carboxylic acids is 1. The Kier molecular flexibility index (Phi) is 3.99. The molecular formula is C11H7NO6. The molecule has 7 heteroatoms. The fourth-order valence-electron chi connectivity index (χ4n) is 1.15. The van der Waals surface area contributed by atoms with Crippen LogP contribution >= 0.6 is 0 Å². The van der Waals surface area contributed by atoms with Crippen molar-refractivity contribution in [3.05, 3.63) is 39.4 Å². The molecule has 0 aromatic heterocycles. The maximum absolute atomic E-state index is 10.8. The number of rotatable bonds is 3. The number of hydrogen-bond acceptors (Lipinski definition) is 4. The predicted molar refractivity (Wildman–Crippen MR) is 59.2 cm³/mol. The highest BCUT2D eigenvalue weighted by molar-refractivity contribution is 5.91. The van der Waals surface area contributed by atoms with E-state index < -0.39 is 23.3 Å². The first-order valence-electron chi connectivity index (χ1n) is 4.64. The molecule has 0 aliphatic rings. The Balaban J connectivity index is 3.22. The Labute approximate surface area is 101 Å². The molecule has 0 saturated heterocycles. The molecule has 1 aromatic rings. The van der Waals surface area contributed by atoms with E-state index in [1.54, 1.807) is 0 Å². The first-order chi connectivity index (χ1) is 8.41. The van der Waals surface area contributed by atoms with Crippen LogP contribution in [0.1, 0.15) is 22.3 Å². The molecule has 0 fully saturated rings. The molecular weight excluding hydrogens is 242 g/mol. The second kappa shape index (κ2) is 5.45. The van der Waals surface area contributed by atoms with Crippen LogP contribution in [0.4, 0.5) is 5.69 Å². The lowest BCUT2D eigenvalue weighted by molar-refractivity contribution is -0.384. The Hall–Kier alpha value is -2.88. The van der Waals surface area contributed by atoms with Gasteiger partial charge in [0.15, 0.2) is 0 Å².